The van der Waals surface area contributed by atoms with Crippen molar-refractivity contribution in [2.45, 2.75) is 39.0 Å². The SMILES string of the molecule is CC(=O)Nc1cccc(NC(=O)c2cnc(NCCC3=CCCCC3)cn2)c1. The number of hydrogen-bond acceptors (Lipinski definition) is 5. The van der Waals surface area contributed by atoms with Crippen LogP contribution in [-0.4, -0.2) is 28.3 Å². The normalized spacial score (nSPS) is 13.4. The molecule has 0 spiro atoms. The molecule has 7 nitrogen and oxygen atoms in total. The summed E-state index contributed by atoms with van der Waals surface area (Å²) in [5, 5.41) is 8.68. The standard InChI is InChI=1S/C21H25N5O2/c1-15(27)25-17-8-5-9-18(12-17)26-21(28)19-13-24-20(14-23-19)22-11-10-16-6-3-2-4-7-16/h5-6,8-9,12-14H,2-4,7,10-11H2,1H3,(H,22,24)(H,25,27)(H,26,28). The van der Waals surface area contributed by atoms with E-state index in [1.165, 1.54) is 44.4 Å². The molecule has 1 aliphatic rings. The van der Waals surface area contributed by atoms with E-state index in [1.54, 1.807) is 30.5 Å². The van der Waals surface area contributed by atoms with Crippen molar-refractivity contribution in [1.82, 2.24) is 9.97 Å². The highest BCUT2D eigenvalue weighted by molar-refractivity contribution is 6.03. The maximum atomic E-state index is 12.4. The minimum atomic E-state index is -0.355. The molecule has 0 saturated carbocycles. The minimum absolute atomic E-state index is 0.169. The van der Waals surface area contributed by atoms with Crippen LogP contribution in [0.1, 0.15) is 49.5 Å². The summed E-state index contributed by atoms with van der Waals surface area (Å²) in [6, 6.07) is 6.93. The van der Waals surface area contributed by atoms with E-state index >= 15 is 0 Å². The van der Waals surface area contributed by atoms with Gasteiger partial charge in [-0.15, -0.1) is 0 Å². The van der Waals surface area contributed by atoms with Gasteiger partial charge in [-0.05, 0) is 50.3 Å². The zero-order valence-electron chi connectivity index (χ0n) is 16.0. The van der Waals surface area contributed by atoms with Gasteiger partial charge in [0.25, 0.3) is 5.91 Å². The van der Waals surface area contributed by atoms with Crippen molar-refractivity contribution in [3.8, 4) is 0 Å². The van der Waals surface area contributed by atoms with E-state index in [0.717, 1.165) is 13.0 Å². The molecular weight excluding hydrogens is 354 g/mol. The lowest BCUT2D eigenvalue weighted by Crippen LogP contribution is -2.15. The van der Waals surface area contributed by atoms with Crippen LogP contribution < -0.4 is 16.0 Å². The second kappa shape index (κ2) is 9.64. The molecule has 0 atom stereocenters. The van der Waals surface area contributed by atoms with Gasteiger partial charge in [0.05, 0.1) is 12.4 Å². The Labute approximate surface area is 164 Å². The average Bonchev–Trinajstić information content (AvgIpc) is 2.69. The molecular formula is C21H25N5O2. The van der Waals surface area contributed by atoms with Crippen LogP contribution in [0.4, 0.5) is 17.2 Å². The van der Waals surface area contributed by atoms with Crippen molar-refractivity contribution in [2.24, 2.45) is 0 Å². The third kappa shape index (κ3) is 5.90. The van der Waals surface area contributed by atoms with Gasteiger partial charge in [-0.25, -0.2) is 9.97 Å². The van der Waals surface area contributed by atoms with Crippen LogP contribution in [0.15, 0.2) is 48.3 Å². The summed E-state index contributed by atoms with van der Waals surface area (Å²) < 4.78 is 0. The predicted molar refractivity (Wildman–Crippen MR) is 110 cm³/mol. The molecule has 146 valence electrons. The first-order valence-electron chi connectivity index (χ1n) is 9.53. The lowest BCUT2D eigenvalue weighted by atomic mass is 9.97. The van der Waals surface area contributed by atoms with Crippen molar-refractivity contribution < 1.29 is 9.59 Å². The Balaban J connectivity index is 1.52. The Kier molecular flexibility index (Phi) is 6.73. The number of allylic oxidation sites excluding steroid dienone is 1. The van der Waals surface area contributed by atoms with E-state index < -0.39 is 0 Å². The second-order valence-electron chi connectivity index (χ2n) is 6.79. The van der Waals surface area contributed by atoms with E-state index in [2.05, 4.69) is 32.0 Å². The molecule has 0 aliphatic heterocycles. The quantitative estimate of drug-likeness (QED) is 0.632. The molecule has 3 N–H and O–H groups in total. The van der Waals surface area contributed by atoms with Crippen molar-refractivity contribution in [1.29, 1.82) is 0 Å². The van der Waals surface area contributed by atoms with Gasteiger partial charge in [0, 0.05) is 24.8 Å². The topological polar surface area (TPSA) is 96.0 Å². The first kappa shape index (κ1) is 19.5. The number of rotatable bonds is 7. The van der Waals surface area contributed by atoms with E-state index in [4.69, 9.17) is 0 Å². The number of anilines is 3. The number of nitrogens with zero attached hydrogens (tertiary/aromatic N) is 2. The number of carbonyl (C=O) groups excluding carboxylic acids is 2. The fourth-order valence-electron chi connectivity index (χ4n) is 3.09. The lowest BCUT2D eigenvalue weighted by Gasteiger charge is -2.13. The van der Waals surface area contributed by atoms with Crippen LogP contribution >= 0.6 is 0 Å². The zero-order chi connectivity index (χ0) is 19.8. The zero-order valence-corrected chi connectivity index (χ0v) is 16.0. The van der Waals surface area contributed by atoms with Gasteiger partial charge in [0.2, 0.25) is 5.91 Å². The van der Waals surface area contributed by atoms with Gasteiger partial charge >= 0.3 is 0 Å². The number of aromatic nitrogens is 2. The Bertz CT molecular complexity index is 861. The highest BCUT2D eigenvalue weighted by Crippen LogP contribution is 2.20. The second-order valence-corrected chi connectivity index (χ2v) is 6.79. The van der Waals surface area contributed by atoms with E-state index in [1.807, 2.05) is 0 Å². The predicted octanol–water partition coefficient (Wildman–Crippen LogP) is 3.99. The van der Waals surface area contributed by atoms with Gasteiger partial charge in [-0.1, -0.05) is 17.7 Å². The van der Waals surface area contributed by atoms with Gasteiger partial charge in [0.1, 0.15) is 11.5 Å². The van der Waals surface area contributed by atoms with Gasteiger partial charge in [-0.2, -0.15) is 0 Å². The van der Waals surface area contributed by atoms with Crippen molar-refractivity contribution in [3.05, 3.63) is 54.0 Å². The third-order valence-corrected chi connectivity index (χ3v) is 4.46. The maximum absolute atomic E-state index is 12.4. The average molecular weight is 379 g/mol. The van der Waals surface area contributed by atoms with Gasteiger partial charge in [0.15, 0.2) is 0 Å². The molecule has 1 aromatic heterocycles. The number of nitrogens with one attached hydrogen (secondary N) is 3. The Morgan fingerprint density at radius 1 is 1.07 bits per heavy atom. The van der Waals surface area contributed by atoms with Crippen LogP contribution in [0.2, 0.25) is 0 Å². The molecule has 28 heavy (non-hydrogen) atoms. The molecule has 7 heteroatoms. The smallest absolute Gasteiger partial charge is 0.275 e. The number of amides is 2. The summed E-state index contributed by atoms with van der Waals surface area (Å²) in [6.45, 7) is 2.24. The number of carbonyl (C=O) groups is 2. The van der Waals surface area contributed by atoms with Gasteiger partial charge in [-0.3, -0.25) is 9.59 Å². The van der Waals surface area contributed by atoms with E-state index in [0.29, 0.717) is 17.2 Å². The molecule has 0 bridgehead atoms. The first-order chi connectivity index (χ1) is 13.6. The van der Waals surface area contributed by atoms with Crippen molar-refractivity contribution >= 4 is 29.0 Å². The molecule has 0 fully saturated rings. The highest BCUT2D eigenvalue weighted by Gasteiger charge is 2.09. The number of benzene rings is 1. The number of hydrogen-bond donors (Lipinski definition) is 3. The van der Waals surface area contributed by atoms with Crippen LogP contribution in [0.5, 0.6) is 0 Å². The minimum Gasteiger partial charge on any atom is -0.368 e. The molecule has 0 saturated heterocycles. The summed E-state index contributed by atoms with van der Waals surface area (Å²) in [7, 11) is 0. The summed E-state index contributed by atoms with van der Waals surface area (Å²) >= 11 is 0. The molecule has 1 aromatic carbocycles. The van der Waals surface area contributed by atoms with Crippen molar-refractivity contribution in [2.75, 3.05) is 22.5 Å². The summed E-state index contributed by atoms with van der Waals surface area (Å²) in [5.74, 6) is 0.129. The molecule has 0 unspecified atom stereocenters. The van der Waals surface area contributed by atoms with Crippen molar-refractivity contribution in [3.63, 3.8) is 0 Å². The fraction of sp³-hybridized carbons (Fsp3) is 0.333. The molecule has 1 aliphatic carbocycles. The largest absolute Gasteiger partial charge is 0.368 e. The van der Waals surface area contributed by atoms with Gasteiger partial charge < -0.3 is 16.0 Å². The van der Waals surface area contributed by atoms with Crippen LogP contribution in [-0.2, 0) is 4.79 Å². The summed E-state index contributed by atoms with van der Waals surface area (Å²) in [5.41, 5.74) is 2.92. The highest BCUT2D eigenvalue weighted by atomic mass is 16.2. The Morgan fingerprint density at radius 2 is 1.89 bits per heavy atom. The molecule has 2 aromatic rings. The molecule has 2 amide bonds. The first-order valence-corrected chi connectivity index (χ1v) is 9.53. The van der Waals surface area contributed by atoms with E-state index in [9.17, 15) is 9.59 Å². The van der Waals surface area contributed by atoms with E-state index in [-0.39, 0.29) is 17.5 Å². The molecule has 0 radical (unpaired) electrons. The Morgan fingerprint density at radius 3 is 2.57 bits per heavy atom. The fourth-order valence-corrected chi connectivity index (χ4v) is 3.09. The van der Waals surface area contributed by atoms with Crippen LogP contribution in [0, 0.1) is 0 Å². The monoisotopic (exact) mass is 379 g/mol. The molecule has 1 heterocycles. The van der Waals surface area contributed by atoms with Crippen LogP contribution in [0.3, 0.4) is 0 Å². The third-order valence-electron chi connectivity index (χ3n) is 4.46. The lowest BCUT2D eigenvalue weighted by molar-refractivity contribution is -0.114. The summed E-state index contributed by atoms with van der Waals surface area (Å²) in [6.07, 6.45) is 11.3. The summed E-state index contributed by atoms with van der Waals surface area (Å²) in [4.78, 5) is 31.9. The molecule has 3 rings (SSSR count). The maximum Gasteiger partial charge on any atom is 0.275 e. The Hall–Kier alpha value is -3.22. The van der Waals surface area contributed by atoms with Crippen LogP contribution in [0.25, 0.3) is 0 Å².